The molecule has 0 aromatic rings. The number of hydrogen-bond donors (Lipinski definition) is 2. The van der Waals surface area contributed by atoms with E-state index in [0.29, 0.717) is 12.6 Å². The predicted molar refractivity (Wildman–Crippen MR) is 89.1 cm³/mol. The highest BCUT2D eigenvalue weighted by Crippen LogP contribution is 2.11. The van der Waals surface area contributed by atoms with Crippen LogP contribution in [-0.2, 0) is 0 Å². The monoisotopic (exact) mass is 286 g/mol. The van der Waals surface area contributed by atoms with Crippen LogP contribution >= 0.6 is 0 Å². The van der Waals surface area contributed by atoms with Crippen LogP contribution in [-0.4, -0.2) is 47.8 Å². The fourth-order valence-electron chi connectivity index (χ4n) is 2.11. The third kappa shape index (κ3) is 11.7. The molecule has 1 atom stereocenters. The van der Waals surface area contributed by atoms with Crippen molar-refractivity contribution in [1.82, 2.24) is 10.2 Å². The minimum absolute atomic E-state index is 0.418. The first kappa shape index (κ1) is 19.9. The summed E-state index contributed by atoms with van der Waals surface area (Å²) in [5.74, 6) is 1.44. The molecule has 0 aromatic carbocycles. The van der Waals surface area contributed by atoms with Gasteiger partial charge in [-0.05, 0) is 44.7 Å². The number of nitrogens with zero attached hydrogens (tertiary/aromatic N) is 1. The zero-order valence-electron chi connectivity index (χ0n) is 14.9. The molecule has 0 rings (SSSR count). The van der Waals surface area contributed by atoms with Crippen LogP contribution in [0.3, 0.4) is 0 Å². The van der Waals surface area contributed by atoms with Gasteiger partial charge in [-0.15, -0.1) is 0 Å². The van der Waals surface area contributed by atoms with Gasteiger partial charge in [0.25, 0.3) is 0 Å². The maximum atomic E-state index is 10.6. The van der Waals surface area contributed by atoms with Gasteiger partial charge in [-0.3, -0.25) is 0 Å². The van der Waals surface area contributed by atoms with E-state index < -0.39 is 5.60 Å². The van der Waals surface area contributed by atoms with Crippen molar-refractivity contribution in [3.8, 4) is 0 Å². The SMILES string of the molecule is CC(C)CCN(CCC(C)C)CC(C)(O)CNC(C)C. The minimum Gasteiger partial charge on any atom is -0.388 e. The van der Waals surface area contributed by atoms with Gasteiger partial charge in [0.15, 0.2) is 0 Å². The van der Waals surface area contributed by atoms with Crippen molar-refractivity contribution in [2.24, 2.45) is 11.8 Å². The smallest absolute Gasteiger partial charge is 0.0869 e. The van der Waals surface area contributed by atoms with E-state index in [9.17, 15) is 5.11 Å². The number of hydrogen-bond acceptors (Lipinski definition) is 3. The Morgan fingerprint density at radius 1 is 0.950 bits per heavy atom. The Bertz CT molecular complexity index is 225. The highest BCUT2D eigenvalue weighted by molar-refractivity contribution is 4.81. The maximum absolute atomic E-state index is 10.6. The van der Waals surface area contributed by atoms with Crippen molar-refractivity contribution in [3.05, 3.63) is 0 Å². The van der Waals surface area contributed by atoms with Crippen molar-refractivity contribution < 1.29 is 5.11 Å². The summed E-state index contributed by atoms with van der Waals surface area (Å²) in [6.45, 7) is 18.8. The van der Waals surface area contributed by atoms with Gasteiger partial charge in [0.1, 0.15) is 0 Å². The highest BCUT2D eigenvalue weighted by atomic mass is 16.3. The van der Waals surface area contributed by atoms with Crippen LogP contribution in [0.5, 0.6) is 0 Å². The van der Waals surface area contributed by atoms with Crippen LogP contribution in [0.2, 0.25) is 0 Å². The Hall–Kier alpha value is -0.120. The third-order valence-corrected chi connectivity index (χ3v) is 3.50. The molecule has 0 saturated carbocycles. The van der Waals surface area contributed by atoms with Crippen molar-refractivity contribution in [2.75, 3.05) is 26.2 Å². The van der Waals surface area contributed by atoms with E-state index in [-0.39, 0.29) is 0 Å². The Balaban J connectivity index is 4.35. The van der Waals surface area contributed by atoms with E-state index >= 15 is 0 Å². The van der Waals surface area contributed by atoms with Crippen molar-refractivity contribution in [1.29, 1.82) is 0 Å². The van der Waals surface area contributed by atoms with Crippen LogP contribution in [0, 0.1) is 11.8 Å². The Morgan fingerprint density at radius 2 is 1.40 bits per heavy atom. The number of aliphatic hydroxyl groups is 1. The molecule has 3 nitrogen and oxygen atoms in total. The Kier molecular flexibility index (Phi) is 9.69. The van der Waals surface area contributed by atoms with Crippen LogP contribution in [0.25, 0.3) is 0 Å². The first-order chi connectivity index (χ1) is 9.12. The quantitative estimate of drug-likeness (QED) is 0.612. The number of nitrogens with one attached hydrogen (secondary N) is 1. The summed E-state index contributed by atoms with van der Waals surface area (Å²) < 4.78 is 0. The van der Waals surface area contributed by atoms with Crippen LogP contribution < -0.4 is 5.32 Å². The molecule has 122 valence electrons. The standard InChI is InChI=1S/C17H38N2O/c1-14(2)8-10-19(11-9-15(3)4)13-17(7,20)12-18-16(5)6/h14-16,18,20H,8-13H2,1-7H3. The van der Waals surface area contributed by atoms with Gasteiger partial charge in [-0.1, -0.05) is 41.5 Å². The van der Waals surface area contributed by atoms with E-state index in [1.54, 1.807) is 0 Å². The lowest BCUT2D eigenvalue weighted by Gasteiger charge is -2.33. The molecule has 2 N–H and O–H groups in total. The molecular weight excluding hydrogens is 248 g/mol. The molecule has 0 aliphatic heterocycles. The van der Waals surface area contributed by atoms with Crippen molar-refractivity contribution in [3.63, 3.8) is 0 Å². The van der Waals surface area contributed by atoms with Gasteiger partial charge in [0.05, 0.1) is 5.60 Å². The molecule has 0 aromatic heterocycles. The molecule has 0 aliphatic rings. The summed E-state index contributed by atoms with van der Waals surface area (Å²) in [4.78, 5) is 2.43. The molecule has 0 bridgehead atoms. The van der Waals surface area contributed by atoms with Crippen LogP contribution in [0.4, 0.5) is 0 Å². The lowest BCUT2D eigenvalue weighted by molar-refractivity contribution is 0.0162. The van der Waals surface area contributed by atoms with Crippen molar-refractivity contribution in [2.45, 2.75) is 73.0 Å². The van der Waals surface area contributed by atoms with Crippen LogP contribution in [0.15, 0.2) is 0 Å². The summed E-state index contributed by atoms with van der Waals surface area (Å²) in [6, 6.07) is 0.418. The second kappa shape index (κ2) is 9.75. The Morgan fingerprint density at radius 3 is 1.75 bits per heavy atom. The predicted octanol–water partition coefficient (Wildman–Crippen LogP) is 3.13. The van der Waals surface area contributed by atoms with Gasteiger partial charge in [-0.25, -0.2) is 0 Å². The molecule has 0 amide bonds. The summed E-state index contributed by atoms with van der Waals surface area (Å²) in [5, 5.41) is 13.9. The Labute approximate surface area is 127 Å². The van der Waals surface area contributed by atoms with E-state index in [2.05, 4.69) is 51.8 Å². The zero-order chi connectivity index (χ0) is 15.8. The molecule has 0 spiro atoms. The van der Waals surface area contributed by atoms with Gasteiger partial charge < -0.3 is 15.3 Å². The van der Waals surface area contributed by atoms with E-state index in [0.717, 1.165) is 31.5 Å². The second-order valence-corrected chi connectivity index (χ2v) is 7.67. The highest BCUT2D eigenvalue weighted by Gasteiger charge is 2.24. The molecule has 0 radical (unpaired) electrons. The summed E-state index contributed by atoms with van der Waals surface area (Å²) in [5.41, 5.74) is -0.655. The average Bonchev–Trinajstić information content (AvgIpc) is 2.30. The first-order valence-electron chi connectivity index (χ1n) is 8.30. The first-order valence-corrected chi connectivity index (χ1v) is 8.30. The lowest BCUT2D eigenvalue weighted by Crippen LogP contribution is -2.49. The molecule has 0 fully saturated rings. The molecule has 3 heteroatoms. The molecule has 0 heterocycles. The largest absolute Gasteiger partial charge is 0.388 e. The van der Waals surface area contributed by atoms with E-state index in [1.165, 1.54) is 12.8 Å². The lowest BCUT2D eigenvalue weighted by atomic mass is 10.0. The molecule has 20 heavy (non-hydrogen) atoms. The molecule has 0 saturated heterocycles. The number of rotatable bonds is 11. The topological polar surface area (TPSA) is 35.5 Å². The van der Waals surface area contributed by atoms with Gasteiger partial charge in [-0.2, -0.15) is 0 Å². The van der Waals surface area contributed by atoms with Gasteiger partial charge in [0, 0.05) is 19.1 Å². The molecule has 1 unspecified atom stereocenters. The third-order valence-electron chi connectivity index (χ3n) is 3.50. The fraction of sp³-hybridized carbons (Fsp3) is 1.00. The molecule has 0 aliphatic carbocycles. The summed E-state index contributed by atoms with van der Waals surface area (Å²) >= 11 is 0. The van der Waals surface area contributed by atoms with Gasteiger partial charge >= 0.3 is 0 Å². The van der Waals surface area contributed by atoms with Gasteiger partial charge in [0.2, 0.25) is 0 Å². The summed E-state index contributed by atoms with van der Waals surface area (Å²) in [7, 11) is 0. The zero-order valence-corrected chi connectivity index (χ0v) is 14.9. The second-order valence-electron chi connectivity index (χ2n) is 7.67. The molecular formula is C17H38N2O. The average molecular weight is 287 g/mol. The van der Waals surface area contributed by atoms with Crippen molar-refractivity contribution >= 4 is 0 Å². The summed E-state index contributed by atoms with van der Waals surface area (Å²) in [6.07, 6.45) is 2.40. The normalized spacial score (nSPS) is 15.6. The van der Waals surface area contributed by atoms with Crippen LogP contribution in [0.1, 0.15) is 61.3 Å². The fourth-order valence-corrected chi connectivity index (χ4v) is 2.11. The van der Waals surface area contributed by atoms with E-state index in [1.807, 2.05) is 6.92 Å². The van der Waals surface area contributed by atoms with E-state index in [4.69, 9.17) is 0 Å². The maximum Gasteiger partial charge on any atom is 0.0869 e. The minimum atomic E-state index is -0.655.